The number of sulfone groups is 1. The summed E-state index contributed by atoms with van der Waals surface area (Å²) in [6, 6.07) is 9.82. The topological polar surface area (TPSA) is 72.3 Å². The van der Waals surface area contributed by atoms with Crippen LogP contribution in [0.15, 0.2) is 36.5 Å². The number of para-hydroxylation sites is 1. The summed E-state index contributed by atoms with van der Waals surface area (Å²) in [5.41, 5.74) is 2.52. The molecule has 0 radical (unpaired) electrons. The second-order valence-electron chi connectivity index (χ2n) is 7.31. The molecular formula is C19H23N3O3S. The van der Waals surface area contributed by atoms with E-state index in [1.165, 1.54) is 6.26 Å². The Morgan fingerprint density at radius 1 is 1.15 bits per heavy atom. The number of hydrogen-bond donors (Lipinski definition) is 0. The summed E-state index contributed by atoms with van der Waals surface area (Å²) in [6.07, 6.45) is 6.37. The minimum Gasteiger partial charge on any atom is -0.337 e. The summed E-state index contributed by atoms with van der Waals surface area (Å²) in [6.45, 7) is 0.879. The SMILES string of the molecule is CS(=O)(=O)C1CCCN(C(=O)c2cnn(-c3ccccc3)c2C2CC2)C1. The maximum absolute atomic E-state index is 13.1. The van der Waals surface area contributed by atoms with E-state index in [0.717, 1.165) is 30.6 Å². The van der Waals surface area contributed by atoms with E-state index in [4.69, 9.17) is 0 Å². The highest BCUT2D eigenvalue weighted by Crippen LogP contribution is 2.42. The first kappa shape index (κ1) is 17.3. The Balaban J connectivity index is 1.65. The Morgan fingerprint density at radius 3 is 2.54 bits per heavy atom. The molecule has 1 aromatic heterocycles. The van der Waals surface area contributed by atoms with Gasteiger partial charge in [0.2, 0.25) is 0 Å². The molecular weight excluding hydrogens is 350 g/mol. The van der Waals surface area contributed by atoms with Gasteiger partial charge in [-0.15, -0.1) is 0 Å². The summed E-state index contributed by atoms with van der Waals surface area (Å²) >= 11 is 0. The largest absolute Gasteiger partial charge is 0.337 e. The van der Waals surface area contributed by atoms with Crippen molar-refractivity contribution in [2.24, 2.45) is 0 Å². The molecule has 1 unspecified atom stereocenters. The molecule has 0 bridgehead atoms. The van der Waals surface area contributed by atoms with Crippen molar-refractivity contribution in [1.82, 2.24) is 14.7 Å². The fourth-order valence-electron chi connectivity index (χ4n) is 3.69. The van der Waals surface area contributed by atoms with Crippen LogP contribution in [0.25, 0.3) is 5.69 Å². The number of benzene rings is 1. The molecule has 138 valence electrons. The molecule has 6 nitrogen and oxygen atoms in total. The van der Waals surface area contributed by atoms with E-state index < -0.39 is 15.1 Å². The van der Waals surface area contributed by atoms with Gasteiger partial charge in [-0.1, -0.05) is 18.2 Å². The molecule has 1 saturated carbocycles. The number of amides is 1. The van der Waals surface area contributed by atoms with E-state index >= 15 is 0 Å². The third kappa shape index (κ3) is 3.28. The molecule has 1 atom stereocenters. The maximum Gasteiger partial charge on any atom is 0.257 e. The Morgan fingerprint density at radius 2 is 1.88 bits per heavy atom. The van der Waals surface area contributed by atoms with Crippen LogP contribution in [-0.2, 0) is 9.84 Å². The van der Waals surface area contributed by atoms with Crippen LogP contribution >= 0.6 is 0 Å². The molecule has 1 amide bonds. The summed E-state index contributed by atoms with van der Waals surface area (Å²) in [7, 11) is -3.14. The molecule has 2 heterocycles. The van der Waals surface area contributed by atoms with Gasteiger partial charge in [0.25, 0.3) is 5.91 Å². The molecule has 26 heavy (non-hydrogen) atoms. The average Bonchev–Trinajstić information content (AvgIpc) is 3.39. The molecule has 0 spiro atoms. The lowest BCUT2D eigenvalue weighted by molar-refractivity contribution is 0.0726. The average molecular weight is 373 g/mol. The Bertz CT molecular complexity index is 917. The molecule has 2 fully saturated rings. The molecule has 1 saturated heterocycles. The summed E-state index contributed by atoms with van der Waals surface area (Å²) < 4.78 is 25.7. The molecule has 1 aliphatic heterocycles. The number of rotatable bonds is 4. The first-order valence-corrected chi connectivity index (χ1v) is 11.0. The lowest BCUT2D eigenvalue weighted by atomic mass is 10.1. The first-order valence-electron chi connectivity index (χ1n) is 9.06. The van der Waals surface area contributed by atoms with Gasteiger partial charge >= 0.3 is 0 Å². The van der Waals surface area contributed by atoms with Gasteiger partial charge < -0.3 is 4.90 Å². The number of piperidine rings is 1. The van der Waals surface area contributed by atoms with Gasteiger partial charge in [0.1, 0.15) is 0 Å². The van der Waals surface area contributed by atoms with Crippen molar-refractivity contribution < 1.29 is 13.2 Å². The van der Waals surface area contributed by atoms with E-state index in [2.05, 4.69) is 5.10 Å². The Hall–Kier alpha value is -2.15. The molecule has 2 aliphatic rings. The summed E-state index contributed by atoms with van der Waals surface area (Å²) in [5.74, 6) is 0.259. The number of likely N-dealkylation sites (tertiary alicyclic amines) is 1. The van der Waals surface area contributed by atoms with E-state index in [-0.39, 0.29) is 12.5 Å². The van der Waals surface area contributed by atoms with Crippen LogP contribution in [0.4, 0.5) is 0 Å². The highest BCUT2D eigenvalue weighted by Gasteiger charge is 2.36. The third-order valence-corrected chi connectivity index (χ3v) is 6.87. The lowest BCUT2D eigenvalue weighted by Crippen LogP contribution is -2.45. The van der Waals surface area contributed by atoms with Crippen molar-refractivity contribution in [3.05, 3.63) is 47.8 Å². The molecule has 1 aliphatic carbocycles. The second-order valence-corrected chi connectivity index (χ2v) is 9.64. The van der Waals surface area contributed by atoms with Crippen LogP contribution in [-0.4, -0.2) is 53.6 Å². The van der Waals surface area contributed by atoms with Crippen molar-refractivity contribution in [3.8, 4) is 5.69 Å². The minimum absolute atomic E-state index is 0.0950. The number of carbonyl (C=O) groups is 1. The summed E-state index contributed by atoms with van der Waals surface area (Å²) in [5, 5.41) is 4.02. The van der Waals surface area contributed by atoms with Crippen LogP contribution in [0.3, 0.4) is 0 Å². The minimum atomic E-state index is -3.14. The van der Waals surface area contributed by atoms with Crippen molar-refractivity contribution in [3.63, 3.8) is 0 Å². The predicted octanol–water partition coefficient (Wildman–Crippen LogP) is 2.40. The lowest BCUT2D eigenvalue weighted by Gasteiger charge is -2.31. The molecule has 1 aromatic carbocycles. The van der Waals surface area contributed by atoms with Gasteiger partial charge in [-0.25, -0.2) is 13.1 Å². The summed E-state index contributed by atoms with van der Waals surface area (Å²) in [4.78, 5) is 14.8. The standard InChI is InChI=1S/C19H23N3O3S/c1-26(24,25)16-8-5-11-21(13-16)19(23)17-12-20-22(18(17)14-9-10-14)15-6-3-2-4-7-15/h2-4,6-7,12,14,16H,5,8-11,13H2,1H3. The van der Waals surface area contributed by atoms with Crippen molar-refractivity contribution in [1.29, 1.82) is 0 Å². The normalized spacial score (nSPS) is 21.0. The van der Waals surface area contributed by atoms with Gasteiger partial charge in [0.05, 0.1) is 28.4 Å². The number of nitrogens with zero attached hydrogens (tertiary/aromatic N) is 3. The van der Waals surface area contributed by atoms with E-state index in [0.29, 0.717) is 24.4 Å². The van der Waals surface area contributed by atoms with Gasteiger partial charge in [0.15, 0.2) is 9.84 Å². The molecule has 7 heteroatoms. The maximum atomic E-state index is 13.1. The van der Waals surface area contributed by atoms with Crippen molar-refractivity contribution >= 4 is 15.7 Å². The number of aromatic nitrogens is 2. The van der Waals surface area contributed by atoms with Crippen LogP contribution in [0, 0.1) is 0 Å². The van der Waals surface area contributed by atoms with Crippen LogP contribution in [0.2, 0.25) is 0 Å². The zero-order valence-corrected chi connectivity index (χ0v) is 15.7. The fraction of sp³-hybridized carbons (Fsp3) is 0.474. The first-order chi connectivity index (χ1) is 12.4. The van der Waals surface area contributed by atoms with E-state index in [1.54, 1.807) is 11.1 Å². The number of hydrogen-bond acceptors (Lipinski definition) is 4. The van der Waals surface area contributed by atoms with E-state index in [1.807, 2.05) is 35.0 Å². The van der Waals surface area contributed by atoms with Crippen LogP contribution in [0.1, 0.15) is 47.7 Å². The zero-order chi connectivity index (χ0) is 18.3. The Labute approximate surface area is 153 Å². The molecule has 4 rings (SSSR count). The Kier molecular flexibility index (Phi) is 4.34. The van der Waals surface area contributed by atoms with Gasteiger partial charge in [-0.3, -0.25) is 4.79 Å². The quantitative estimate of drug-likeness (QED) is 0.825. The van der Waals surface area contributed by atoms with Gasteiger partial charge in [-0.05, 0) is 37.8 Å². The highest BCUT2D eigenvalue weighted by molar-refractivity contribution is 7.91. The monoisotopic (exact) mass is 373 g/mol. The van der Waals surface area contributed by atoms with Crippen molar-refractivity contribution in [2.45, 2.75) is 36.9 Å². The fourth-order valence-corrected chi connectivity index (χ4v) is 4.74. The highest BCUT2D eigenvalue weighted by atomic mass is 32.2. The predicted molar refractivity (Wildman–Crippen MR) is 99.3 cm³/mol. The van der Waals surface area contributed by atoms with Gasteiger partial charge in [0, 0.05) is 25.3 Å². The number of carbonyl (C=O) groups excluding carboxylic acids is 1. The molecule has 0 N–H and O–H groups in total. The van der Waals surface area contributed by atoms with Gasteiger partial charge in [-0.2, -0.15) is 5.10 Å². The van der Waals surface area contributed by atoms with Crippen LogP contribution in [0.5, 0.6) is 0 Å². The smallest absolute Gasteiger partial charge is 0.257 e. The van der Waals surface area contributed by atoms with Crippen molar-refractivity contribution in [2.75, 3.05) is 19.3 Å². The third-order valence-electron chi connectivity index (χ3n) is 5.27. The zero-order valence-electron chi connectivity index (χ0n) is 14.8. The molecule has 2 aromatic rings. The second kappa shape index (κ2) is 6.54. The van der Waals surface area contributed by atoms with E-state index in [9.17, 15) is 13.2 Å². The van der Waals surface area contributed by atoms with Crippen LogP contribution < -0.4 is 0 Å².